The van der Waals surface area contributed by atoms with Crippen molar-refractivity contribution in [1.29, 1.82) is 0 Å². The van der Waals surface area contributed by atoms with Crippen molar-refractivity contribution in [1.82, 2.24) is 14.5 Å². The highest BCUT2D eigenvalue weighted by Crippen LogP contribution is 2.26. The maximum absolute atomic E-state index is 13.5. The third-order valence-corrected chi connectivity index (χ3v) is 5.57. The van der Waals surface area contributed by atoms with Crippen LogP contribution in [-0.2, 0) is 26.3 Å². The first-order chi connectivity index (χ1) is 16.4. The topological polar surface area (TPSA) is 77.2 Å². The van der Waals surface area contributed by atoms with Crippen molar-refractivity contribution in [2.45, 2.75) is 25.4 Å². The number of halogens is 2. The quantitative estimate of drug-likeness (QED) is 0.381. The Labute approximate surface area is 195 Å². The van der Waals surface area contributed by atoms with Gasteiger partial charge in [-0.15, -0.1) is 0 Å². The monoisotopic (exact) mass is 463 g/mol. The lowest BCUT2D eigenvalue weighted by atomic mass is 10.0. The van der Waals surface area contributed by atoms with Gasteiger partial charge in [-0.25, -0.2) is 23.5 Å². The van der Waals surface area contributed by atoms with Gasteiger partial charge >= 0.3 is 5.97 Å². The van der Waals surface area contributed by atoms with E-state index in [1.165, 1.54) is 24.3 Å². The molecule has 174 valence electrons. The van der Waals surface area contributed by atoms with E-state index in [0.717, 1.165) is 16.8 Å². The smallest absolute Gasteiger partial charge is 0.354 e. The van der Waals surface area contributed by atoms with Gasteiger partial charge in [0.15, 0.2) is 5.69 Å². The maximum atomic E-state index is 13.5. The summed E-state index contributed by atoms with van der Waals surface area (Å²) in [6.45, 7) is 0. The van der Waals surface area contributed by atoms with Crippen LogP contribution in [0, 0.1) is 11.6 Å². The van der Waals surface area contributed by atoms with E-state index in [-0.39, 0.29) is 23.2 Å². The Kier molecular flexibility index (Phi) is 6.96. The molecule has 4 rings (SSSR count). The summed E-state index contributed by atoms with van der Waals surface area (Å²) in [5, 5.41) is 9.73. The van der Waals surface area contributed by atoms with Gasteiger partial charge in [-0.05, 0) is 53.8 Å². The lowest BCUT2D eigenvalue weighted by molar-refractivity contribution is 0.0686. The lowest BCUT2D eigenvalue weighted by Crippen LogP contribution is -2.15. The Morgan fingerprint density at radius 2 is 1.68 bits per heavy atom. The lowest BCUT2D eigenvalue weighted by Gasteiger charge is -2.20. The first-order valence-electron chi connectivity index (χ1n) is 10.7. The Morgan fingerprint density at radius 3 is 2.29 bits per heavy atom. The standard InChI is InChI=1S/C26H23F2N3O3/c1-31-16-29-15-22(31)14-23(18-6-11-21(28)12-7-18)34-24-13-8-19(25(30-24)26(32)33)5-2-17-3-9-20(27)10-4-17/h3-4,6-13,15-16,23H,2,5,14H2,1H3,(H,32,33). The number of carboxylic acid groups (broad SMARTS) is 1. The van der Waals surface area contributed by atoms with Crippen LogP contribution in [-0.4, -0.2) is 25.6 Å². The van der Waals surface area contributed by atoms with Crippen molar-refractivity contribution in [3.8, 4) is 5.88 Å². The summed E-state index contributed by atoms with van der Waals surface area (Å²) in [6, 6.07) is 15.4. The van der Waals surface area contributed by atoms with Crippen LogP contribution in [0.5, 0.6) is 5.88 Å². The van der Waals surface area contributed by atoms with Crippen LogP contribution >= 0.6 is 0 Å². The average Bonchev–Trinajstić information content (AvgIpc) is 3.23. The summed E-state index contributed by atoms with van der Waals surface area (Å²) >= 11 is 0. The number of aromatic carboxylic acids is 1. The molecular formula is C26H23F2N3O3. The molecule has 0 aliphatic rings. The number of rotatable bonds is 9. The van der Waals surface area contributed by atoms with E-state index < -0.39 is 12.1 Å². The van der Waals surface area contributed by atoms with Gasteiger partial charge in [-0.3, -0.25) is 0 Å². The van der Waals surface area contributed by atoms with Crippen molar-refractivity contribution in [3.63, 3.8) is 0 Å². The fourth-order valence-electron chi connectivity index (χ4n) is 3.67. The number of hydrogen-bond donors (Lipinski definition) is 1. The van der Waals surface area contributed by atoms with Gasteiger partial charge in [-0.1, -0.05) is 30.3 Å². The minimum Gasteiger partial charge on any atom is -0.477 e. The summed E-state index contributed by atoms with van der Waals surface area (Å²) in [7, 11) is 1.86. The molecule has 4 aromatic rings. The van der Waals surface area contributed by atoms with Crippen LogP contribution in [0.15, 0.2) is 73.2 Å². The summed E-state index contributed by atoms with van der Waals surface area (Å²) < 4.78 is 34.6. The minimum absolute atomic E-state index is 0.0991. The van der Waals surface area contributed by atoms with E-state index in [9.17, 15) is 18.7 Å². The van der Waals surface area contributed by atoms with Gasteiger partial charge in [0.2, 0.25) is 5.88 Å². The largest absolute Gasteiger partial charge is 0.477 e. The molecular weight excluding hydrogens is 440 g/mol. The summed E-state index contributed by atoms with van der Waals surface area (Å²) in [4.78, 5) is 20.3. The van der Waals surface area contributed by atoms with Gasteiger partial charge in [0.1, 0.15) is 17.7 Å². The molecule has 1 unspecified atom stereocenters. The van der Waals surface area contributed by atoms with E-state index in [1.807, 2.05) is 11.6 Å². The molecule has 0 aliphatic heterocycles. The molecule has 1 atom stereocenters. The molecule has 2 heterocycles. The van der Waals surface area contributed by atoms with E-state index in [4.69, 9.17) is 4.74 Å². The van der Waals surface area contributed by atoms with E-state index in [0.29, 0.717) is 24.8 Å². The summed E-state index contributed by atoms with van der Waals surface area (Å²) in [5.41, 5.74) is 2.96. The fourth-order valence-corrected chi connectivity index (χ4v) is 3.67. The second-order valence-corrected chi connectivity index (χ2v) is 7.95. The summed E-state index contributed by atoms with van der Waals surface area (Å²) in [5.74, 6) is -1.69. The number of nitrogens with zero attached hydrogens (tertiary/aromatic N) is 3. The normalized spacial score (nSPS) is 11.9. The number of carbonyl (C=O) groups is 1. The number of hydrogen-bond acceptors (Lipinski definition) is 4. The summed E-state index contributed by atoms with van der Waals surface area (Å²) in [6.07, 6.45) is 4.26. The maximum Gasteiger partial charge on any atom is 0.354 e. The van der Waals surface area contributed by atoms with Crippen LogP contribution in [0.3, 0.4) is 0 Å². The van der Waals surface area contributed by atoms with Crippen LogP contribution in [0.2, 0.25) is 0 Å². The average molecular weight is 463 g/mol. The molecule has 6 nitrogen and oxygen atoms in total. The molecule has 2 aromatic carbocycles. The highest BCUT2D eigenvalue weighted by molar-refractivity contribution is 5.87. The van der Waals surface area contributed by atoms with E-state index >= 15 is 0 Å². The van der Waals surface area contributed by atoms with Gasteiger partial charge in [-0.2, -0.15) is 0 Å². The second-order valence-electron chi connectivity index (χ2n) is 7.95. The third-order valence-electron chi connectivity index (χ3n) is 5.57. The number of ether oxygens (including phenoxy) is 1. The van der Waals surface area contributed by atoms with Crippen LogP contribution in [0.4, 0.5) is 8.78 Å². The highest BCUT2D eigenvalue weighted by Gasteiger charge is 2.20. The Bertz CT molecular complexity index is 1270. The molecule has 0 saturated heterocycles. The zero-order valence-corrected chi connectivity index (χ0v) is 18.5. The number of aromatic nitrogens is 3. The first-order valence-corrected chi connectivity index (χ1v) is 10.7. The molecule has 8 heteroatoms. The van der Waals surface area contributed by atoms with Gasteiger partial charge in [0, 0.05) is 31.4 Å². The minimum atomic E-state index is -1.16. The molecule has 0 aliphatic carbocycles. The van der Waals surface area contributed by atoms with Crippen LogP contribution in [0.1, 0.15) is 39.0 Å². The molecule has 34 heavy (non-hydrogen) atoms. The Balaban J connectivity index is 1.57. The van der Waals surface area contributed by atoms with Crippen LogP contribution in [0.25, 0.3) is 0 Å². The van der Waals surface area contributed by atoms with Gasteiger partial charge in [0.25, 0.3) is 0 Å². The third kappa shape index (κ3) is 5.64. The SMILES string of the molecule is Cn1cncc1CC(Oc1ccc(CCc2ccc(F)cc2)c(C(=O)O)n1)c1ccc(F)cc1. The van der Waals surface area contributed by atoms with Crippen molar-refractivity contribution in [3.05, 3.63) is 113 Å². The second kappa shape index (κ2) is 10.2. The van der Waals surface area contributed by atoms with Crippen molar-refractivity contribution in [2.75, 3.05) is 0 Å². The predicted molar refractivity (Wildman–Crippen MR) is 122 cm³/mol. The number of benzene rings is 2. The zero-order chi connectivity index (χ0) is 24.1. The number of imidazole rings is 1. The van der Waals surface area contributed by atoms with Crippen molar-refractivity contribution in [2.24, 2.45) is 7.05 Å². The van der Waals surface area contributed by atoms with Crippen LogP contribution < -0.4 is 4.74 Å². The Hall–Kier alpha value is -4.07. The fraction of sp³-hybridized carbons (Fsp3) is 0.192. The first kappa shape index (κ1) is 23.1. The number of aryl methyl sites for hydroxylation is 3. The number of carboxylic acids is 1. The van der Waals surface area contributed by atoms with E-state index in [1.54, 1.807) is 48.9 Å². The van der Waals surface area contributed by atoms with Crippen molar-refractivity contribution < 1.29 is 23.4 Å². The van der Waals surface area contributed by atoms with Crippen molar-refractivity contribution >= 4 is 5.97 Å². The molecule has 0 radical (unpaired) electrons. The van der Waals surface area contributed by atoms with E-state index in [2.05, 4.69) is 9.97 Å². The molecule has 1 N–H and O–H groups in total. The molecule has 0 spiro atoms. The predicted octanol–water partition coefficient (Wildman–Crippen LogP) is 4.94. The molecule has 0 bridgehead atoms. The highest BCUT2D eigenvalue weighted by atomic mass is 19.1. The number of pyridine rings is 1. The molecule has 0 amide bonds. The molecule has 2 aromatic heterocycles. The Morgan fingerprint density at radius 1 is 1.00 bits per heavy atom. The van der Waals surface area contributed by atoms with Gasteiger partial charge in [0.05, 0.1) is 6.33 Å². The van der Waals surface area contributed by atoms with Gasteiger partial charge < -0.3 is 14.4 Å². The molecule has 0 fully saturated rings. The zero-order valence-electron chi connectivity index (χ0n) is 18.5. The molecule has 0 saturated carbocycles.